The van der Waals surface area contributed by atoms with Crippen LogP contribution in [0.4, 0.5) is 0 Å². The molecule has 122 valence electrons. The second kappa shape index (κ2) is 7.17. The molecule has 2 aromatic heterocycles. The summed E-state index contributed by atoms with van der Waals surface area (Å²) in [6.07, 6.45) is 3.44. The van der Waals surface area contributed by atoms with Crippen molar-refractivity contribution in [1.82, 2.24) is 19.9 Å². The van der Waals surface area contributed by atoms with Crippen LogP contribution in [0.3, 0.4) is 0 Å². The van der Waals surface area contributed by atoms with Gasteiger partial charge in [0.1, 0.15) is 6.54 Å². The molecule has 0 saturated carbocycles. The van der Waals surface area contributed by atoms with E-state index in [-0.39, 0.29) is 24.4 Å². The van der Waals surface area contributed by atoms with Gasteiger partial charge >= 0.3 is 5.69 Å². The summed E-state index contributed by atoms with van der Waals surface area (Å²) in [6.45, 7) is 7.58. The van der Waals surface area contributed by atoms with E-state index in [9.17, 15) is 9.59 Å². The van der Waals surface area contributed by atoms with Crippen molar-refractivity contribution in [2.24, 2.45) is 5.92 Å². The molecule has 0 unspecified atom stereocenters. The molecule has 0 aliphatic heterocycles. The molecule has 0 bridgehead atoms. The van der Waals surface area contributed by atoms with Gasteiger partial charge in [-0.15, -0.1) is 0 Å². The van der Waals surface area contributed by atoms with Gasteiger partial charge < -0.3 is 5.32 Å². The van der Waals surface area contributed by atoms with E-state index in [0.717, 1.165) is 11.3 Å². The van der Waals surface area contributed by atoms with Crippen LogP contribution in [0.1, 0.15) is 36.8 Å². The van der Waals surface area contributed by atoms with Crippen molar-refractivity contribution in [2.75, 3.05) is 0 Å². The first kappa shape index (κ1) is 16.9. The Kier molecular flexibility index (Phi) is 5.26. The SMILES string of the molecule is Cc1cc(C)n(CC(=O)N[C@H](c2cccnc2)C(C)C)c(=O)n1. The standard InChI is InChI=1S/C17H22N4O2/c1-11(2)16(14-6-5-7-18-9-14)20-15(22)10-21-13(4)8-12(3)19-17(21)23/h5-9,11,16H,10H2,1-4H3,(H,20,22)/t16-/m0/s1. The highest BCUT2D eigenvalue weighted by molar-refractivity contribution is 5.76. The Morgan fingerprint density at radius 2 is 2.09 bits per heavy atom. The van der Waals surface area contributed by atoms with Crippen LogP contribution in [0.5, 0.6) is 0 Å². The number of carbonyl (C=O) groups is 1. The number of rotatable bonds is 5. The van der Waals surface area contributed by atoms with Crippen molar-refractivity contribution < 1.29 is 4.79 Å². The quantitative estimate of drug-likeness (QED) is 0.912. The fraction of sp³-hybridized carbons (Fsp3) is 0.412. The number of pyridine rings is 1. The first-order chi connectivity index (χ1) is 10.9. The maximum Gasteiger partial charge on any atom is 0.348 e. The Hall–Kier alpha value is -2.50. The lowest BCUT2D eigenvalue weighted by Gasteiger charge is -2.23. The van der Waals surface area contributed by atoms with E-state index in [1.165, 1.54) is 4.57 Å². The maximum atomic E-state index is 12.4. The lowest BCUT2D eigenvalue weighted by Crippen LogP contribution is -2.38. The van der Waals surface area contributed by atoms with Crippen molar-refractivity contribution in [3.05, 3.63) is 58.0 Å². The molecule has 0 radical (unpaired) electrons. The summed E-state index contributed by atoms with van der Waals surface area (Å²) >= 11 is 0. The summed E-state index contributed by atoms with van der Waals surface area (Å²) in [5.41, 5.74) is 1.92. The van der Waals surface area contributed by atoms with Crippen LogP contribution >= 0.6 is 0 Å². The molecule has 0 spiro atoms. The predicted octanol–water partition coefficient (Wildman–Crippen LogP) is 1.77. The van der Waals surface area contributed by atoms with Crippen molar-refractivity contribution >= 4 is 5.91 Å². The van der Waals surface area contributed by atoms with Gasteiger partial charge in [-0.1, -0.05) is 19.9 Å². The Bertz CT molecular complexity index is 738. The van der Waals surface area contributed by atoms with E-state index in [4.69, 9.17) is 0 Å². The lowest BCUT2D eigenvalue weighted by atomic mass is 9.97. The van der Waals surface area contributed by atoms with Gasteiger partial charge in [0.2, 0.25) is 5.91 Å². The molecule has 1 atom stereocenters. The number of aryl methyl sites for hydroxylation is 2. The van der Waals surface area contributed by atoms with Crippen LogP contribution in [-0.4, -0.2) is 20.4 Å². The molecule has 1 N–H and O–H groups in total. The number of nitrogens with zero attached hydrogens (tertiary/aromatic N) is 3. The smallest absolute Gasteiger partial charge is 0.347 e. The highest BCUT2D eigenvalue weighted by atomic mass is 16.2. The van der Waals surface area contributed by atoms with Crippen LogP contribution in [-0.2, 0) is 11.3 Å². The van der Waals surface area contributed by atoms with Crippen molar-refractivity contribution in [2.45, 2.75) is 40.3 Å². The second-order valence-corrected chi connectivity index (χ2v) is 5.98. The summed E-state index contributed by atoms with van der Waals surface area (Å²) in [7, 11) is 0. The highest BCUT2D eigenvalue weighted by Gasteiger charge is 2.19. The first-order valence-electron chi connectivity index (χ1n) is 7.63. The van der Waals surface area contributed by atoms with E-state index in [1.54, 1.807) is 32.3 Å². The van der Waals surface area contributed by atoms with Crippen molar-refractivity contribution in [3.63, 3.8) is 0 Å². The number of hydrogen-bond acceptors (Lipinski definition) is 4. The Morgan fingerprint density at radius 1 is 1.35 bits per heavy atom. The lowest BCUT2D eigenvalue weighted by molar-refractivity contribution is -0.122. The monoisotopic (exact) mass is 314 g/mol. The summed E-state index contributed by atoms with van der Waals surface area (Å²) in [5, 5.41) is 2.98. The van der Waals surface area contributed by atoms with Crippen LogP contribution < -0.4 is 11.0 Å². The third-order valence-electron chi connectivity index (χ3n) is 3.67. The molecule has 0 aliphatic rings. The molecule has 6 heteroatoms. The third-order valence-corrected chi connectivity index (χ3v) is 3.67. The van der Waals surface area contributed by atoms with Crippen molar-refractivity contribution in [3.8, 4) is 0 Å². The summed E-state index contributed by atoms with van der Waals surface area (Å²) in [4.78, 5) is 32.3. The minimum absolute atomic E-state index is 0.0402. The molecule has 1 amide bonds. The van der Waals surface area contributed by atoms with E-state index < -0.39 is 5.69 Å². The zero-order valence-corrected chi connectivity index (χ0v) is 13.9. The molecule has 0 aliphatic carbocycles. The molecular formula is C17H22N4O2. The summed E-state index contributed by atoms with van der Waals surface area (Å²) in [6, 6.07) is 5.42. The Balaban J connectivity index is 2.16. The molecule has 0 fully saturated rings. The normalized spacial score (nSPS) is 12.2. The van der Waals surface area contributed by atoms with Gasteiger partial charge in [0.25, 0.3) is 0 Å². The van der Waals surface area contributed by atoms with Gasteiger partial charge in [-0.25, -0.2) is 4.79 Å². The molecule has 6 nitrogen and oxygen atoms in total. The van der Waals surface area contributed by atoms with Gasteiger partial charge in [-0.05, 0) is 37.5 Å². The highest BCUT2D eigenvalue weighted by Crippen LogP contribution is 2.20. The van der Waals surface area contributed by atoms with E-state index >= 15 is 0 Å². The number of amides is 1. The fourth-order valence-electron chi connectivity index (χ4n) is 2.52. The Morgan fingerprint density at radius 3 is 2.65 bits per heavy atom. The third kappa shape index (κ3) is 4.25. The van der Waals surface area contributed by atoms with E-state index in [1.807, 2.05) is 26.0 Å². The molecule has 2 heterocycles. The minimum atomic E-state index is -0.403. The van der Waals surface area contributed by atoms with Gasteiger partial charge in [-0.2, -0.15) is 4.98 Å². The molecule has 23 heavy (non-hydrogen) atoms. The average molecular weight is 314 g/mol. The molecule has 0 aromatic carbocycles. The van der Waals surface area contributed by atoms with E-state index in [2.05, 4.69) is 15.3 Å². The second-order valence-electron chi connectivity index (χ2n) is 5.98. The molecule has 2 aromatic rings. The van der Waals surface area contributed by atoms with Crippen LogP contribution in [0, 0.1) is 19.8 Å². The molecule has 0 saturated heterocycles. The molecular weight excluding hydrogens is 292 g/mol. The van der Waals surface area contributed by atoms with Crippen molar-refractivity contribution in [1.29, 1.82) is 0 Å². The maximum absolute atomic E-state index is 12.4. The van der Waals surface area contributed by atoms with Gasteiger partial charge in [-0.3, -0.25) is 14.3 Å². The number of carbonyl (C=O) groups excluding carboxylic acids is 1. The molecule has 2 rings (SSSR count). The zero-order valence-electron chi connectivity index (χ0n) is 13.9. The summed E-state index contributed by atoms with van der Waals surface area (Å²) in [5.74, 6) is -0.0134. The number of nitrogens with one attached hydrogen (secondary N) is 1. The van der Waals surface area contributed by atoms with Crippen LogP contribution in [0.25, 0.3) is 0 Å². The minimum Gasteiger partial charge on any atom is -0.347 e. The predicted molar refractivity (Wildman–Crippen MR) is 87.9 cm³/mol. The zero-order chi connectivity index (χ0) is 17.0. The topological polar surface area (TPSA) is 76.9 Å². The van der Waals surface area contributed by atoms with Crippen LogP contribution in [0.15, 0.2) is 35.4 Å². The first-order valence-corrected chi connectivity index (χ1v) is 7.63. The average Bonchev–Trinajstić information content (AvgIpc) is 2.49. The van der Waals surface area contributed by atoms with E-state index in [0.29, 0.717) is 5.69 Å². The fourth-order valence-corrected chi connectivity index (χ4v) is 2.52. The Labute approximate surface area is 135 Å². The van der Waals surface area contributed by atoms with Gasteiger partial charge in [0, 0.05) is 23.8 Å². The largest absolute Gasteiger partial charge is 0.348 e. The number of aromatic nitrogens is 3. The van der Waals surface area contributed by atoms with Gasteiger partial charge in [0.05, 0.1) is 6.04 Å². The summed E-state index contributed by atoms with van der Waals surface area (Å²) < 4.78 is 1.38. The number of hydrogen-bond donors (Lipinski definition) is 1. The van der Waals surface area contributed by atoms with Crippen LogP contribution in [0.2, 0.25) is 0 Å². The van der Waals surface area contributed by atoms with Gasteiger partial charge in [0.15, 0.2) is 0 Å².